The summed E-state index contributed by atoms with van der Waals surface area (Å²) in [6, 6.07) is 16.5. The van der Waals surface area contributed by atoms with Crippen LogP contribution in [0.25, 0.3) is 10.9 Å². The zero-order chi connectivity index (χ0) is 14.8. The number of hydrogen-bond donors (Lipinski definition) is 2. The molecule has 2 N–H and O–H groups in total. The monoisotopic (exact) mass is 296 g/mol. The van der Waals surface area contributed by atoms with E-state index in [4.69, 9.17) is 17.4 Å². The van der Waals surface area contributed by atoms with Gasteiger partial charge in [-0.05, 0) is 30.0 Å². The van der Waals surface area contributed by atoms with Crippen molar-refractivity contribution >= 4 is 28.1 Å². The molecule has 0 radical (unpaired) electrons. The molecule has 0 bridgehead atoms. The Morgan fingerprint density at radius 2 is 1.90 bits per heavy atom. The van der Waals surface area contributed by atoms with Crippen LogP contribution in [-0.2, 0) is 6.54 Å². The minimum absolute atomic E-state index is 0.333. The van der Waals surface area contributed by atoms with E-state index in [0.717, 1.165) is 23.0 Å². The minimum atomic E-state index is 0.333. The summed E-state index contributed by atoms with van der Waals surface area (Å²) in [6.07, 6.45) is 2.07. The Bertz CT molecular complexity index is 790. The van der Waals surface area contributed by atoms with E-state index in [1.165, 1.54) is 11.1 Å². The van der Waals surface area contributed by atoms with E-state index in [-0.39, 0.29) is 0 Å². The molecule has 3 rings (SSSR count). The van der Waals surface area contributed by atoms with E-state index in [9.17, 15) is 0 Å². The van der Waals surface area contributed by atoms with Crippen LogP contribution in [0.5, 0.6) is 0 Å². The largest absolute Gasteiger partial charge is 0.343 e. The van der Waals surface area contributed by atoms with Gasteiger partial charge in [0.2, 0.25) is 0 Å². The standard InChI is InChI=1S/C17H16N2OS/c1-12-2-4-13(5-3-12)11-19-9-8-14-6-7-15(10-16(14)19)17(21)18-20/h2-10,20H,11H2,1H3,(H,18,21). The van der Waals surface area contributed by atoms with Crippen LogP contribution in [0.1, 0.15) is 16.7 Å². The van der Waals surface area contributed by atoms with Gasteiger partial charge in [-0.1, -0.05) is 54.2 Å². The van der Waals surface area contributed by atoms with Gasteiger partial charge in [0, 0.05) is 23.8 Å². The van der Waals surface area contributed by atoms with Crippen LogP contribution in [0.15, 0.2) is 54.7 Å². The Balaban J connectivity index is 1.98. The number of aryl methyl sites for hydroxylation is 1. The molecule has 2 aromatic carbocycles. The molecule has 0 aliphatic heterocycles. The maximum atomic E-state index is 8.94. The Kier molecular flexibility index (Phi) is 3.73. The molecule has 0 saturated carbocycles. The number of benzene rings is 2. The molecule has 3 aromatic rings. The summed E-state index contributed by atoms with van der Waals surface area (Å²) in [5.41, 5.74) is 6.47. The second kappa shape index (κ2) is 5.68. The lowest BCUT2D eigenvalue weighted by Crippen LogP contribution is -2.17. The third-order valence-electron chi connectivity index (χ3n) is 3.61. The fraction of sp³-hybridized carbons (Fsp3) is 0.118. The predicted molar refractivity (Wildman–Crippen MR) is 88.8 cm³/mol. The van der Waals surface area contributed by atoms with Gasteiger partial charge in [-0.3, -0.25) is 10.7 Å². The van der Waals surface area contributed by atoms with Gasteiger partial charge in [0.25, 0.3) is 0 Å². The highest BCUT2D eigenvalue weighted by atomic mass is 32.1. The van der Waals surface area contributed by atoms with Crippen molar-refractivity contribution in [3.05, 3.63) is 71.4 Å². The van der Waals surface area contributed by atoms with Crippen LogP contribution in [0.4, 0.5) is 0 Å². The molecule has 3 nitrogen and oxygen atoms in total. The average Bonchev–Trinajstić information content (AvgIpc) is 2.91. The lowest BCUT2D eigenvalue weighted by molar-refractivity contribution is 0.238. The van der Waals surface area contributed by atoms with Crippen molar-refractivity contribution in [2.45, 2.75) is 13.5 Å². The number of hydroxylamine groups is 1. The van der Waals surface area contributed by atoms with E-state index in [1.54, 1.807) is 0 Å². The molecular weight excluding hydrogens is 280 g/mol. The molecule has 0 aliphatic carbocycles. The van der Waals surface area contributed by atoms with Gasteiger partial charge in [0.05, 0.1) is 0 Å². The summed E-state index contributed by atoms with van der Waals surface area (Å²) >= 11 is 5.08. The summed E-state index contributed by atoms with van der Waals surface area (Å²) in [4.78, 5) is 0.333. The third-order valence-corrected chi connectivity index (χ3v) is 3.94. The van der Waals surface area contributed by atoms with Gasteiger partial charge in [0.15, 0.2) is 0 Å². The molecule has 1 heterocycles. The number of fused-ring (bicyclic) bond motifs is 1. The maximum absolute atomic E-state index is 8.94. The van der Waals surface area contributed by atoms with Crippen LogP contribution in [-0.4, -0.2) is 14.8 Å². The topological polar surface area (TPSA) is 37.2 Å². The number of thiocarbonyl (C=S) groups is 1. The van der Waals surface area contributed by atoms with Gasteiger partial charge in [-0.15, -0.1) is 0 Å². The number of nitrogens with one attached hydrogen (secondary N) is 1. The Labute approximate surface area is 128 Å². The van der Waals surface area contributed by atoms with Gasteiger partial charge in [0.1, 0.15) is 4.99 Å². The highest BCUT2D eigenvalue weighted by molar-refractivity contribution is 7.80. The zero-order valence-corrected chi connectivity index (χ0v) is 12.5. The highest BCUT2D eigenvalue weighted by Gasteiger charge is 2.06. The van der Waals surface area contributed by atoms with Crippen molar-refractivity contribution in [1.29, 1.82) is 0 Å². The van der Waals surface area contributed by atoms with Crippen LogP contribution in [0.2, 0.25) is 0 Å². The Hall–Kier alpha value is -2.17. The summed E-state index contributed by atoms with van der Waals surface area (Å²) < 4.78 is 2.18. The van der Waals surface area contributed by atoms with Crippen LogP contribution < -0.4 is 5.48 Å². The second-order valence-corrected chi connectivity index (χ2v) is 5.55. The molecule has 21 heavy (non-hydrogen) atoms. The lowest BCUT2D eigenvalue weighted by atomic mass is 10.1. The molecule has 0 saturated heterocycles. The molecule has 0 fully saturated rings. The maximum Gasteiger partial charge on any atom is 0.130 e. The number of aromatic nitrogens is 1. The molecule has 0 aliphatic rings. The minimum Gasteiger partial charge on any atom is -0.343 e. The second-order valence-electron chi connectivity index (χ2n) is 5.14. The number of hydrogen-bond acceptors (Lipinski definition) is 2. The Morgan fingerprint density at radius 3 is 2.62 bits per heavy atom. The van der Waals surface area contributed by atoms with Gasteiger partial charge < -0.3 is 4.57 Å². The van der Waals surface area contributed by atoms with Gasteiger partial charge >= 0.3 is 0 Å². The summed E-state index contributed by atoms with van der Waals surface area (Å²) in [6.45, 7) is 2.90. The SMILES string of the molecule is Cc1ccc(Cn2ccc3ccc(C(=S)NO)cc32)cc1. The summed E-state index contributed by atoms with van der Waals surface area (Å²) in [7, 11) is 0. The number of rotatable bonds is 3. The third kappa shape index (κ3) is 2.82. The molecule has 4 heteroatoms. The first-order chi connectivity index (χ1) is 10.2. The summed E-state index contributed by atoms with van der Waals surface area (Å²) in [5.74, 6) is 0. The van der Waals surface area contributed by atoms with Crippen LogP contribution >= 0.6 is 12.2 Å². The van der Waals surface area contributed by atoms with Gasteiger partial charge in [-0.2, -0.15) is 0 Å². The van der Waals surface area contributed by atoms with Crippen molar-refractivity contribution in [2.75, 3.05) is 0 Å². The normalized spacial score (nSPS) is 10.8. The van der Waals surface area contributed by atoms with E-state index >= 15 is 0 Å². The van der Waals surface area contributed by atoms with E-state index < -0.39 is 0 Å². The highest BCUT2D eigenvalue weighted by Crippen LogP contribution is 2.19. The first-order valence-corrected chi connectivity index (χ1v) is 7.17. The molecule has 0 atom stereocenters. The van der Waals surface area contributed by atoms with Crippen LogP contribution in [0, 0.1) is 6.92 Å². The average molecular weight is 296 g/mol. The fourth-order valence-electron chi connectivity index (χ4n) is 2.42. The lowest BCUT2D eigenvalue weighted by Gasteiger charge is -2.08. The van der Waals surface area contributed by atoms with Crippen molar-refractivity contribution in [3.8, 4) is 0 Å². The summed E-state index contributed by atoms with van der Waals surface area (Å²) in [5, 5.41) is 10.1. The molecule has 0 amide bonds. The van der Waals surface area contributed by atoms with Crippen molar-refractivity contribution in [2.24, 2.45) is 0 Å². The Morgan fingerprint density at radius 1 is 1.14 bits per heavy atom. The van der Waals surface area contributed by atoms with Gasteiger partial charge in [-0.25, -0.2) is 0 Å². The quantitative estimate of drug-likeness (QED) is 0.572. The smallest absolute Gasteiger partial charge is 0.130 e. The van der Waals surface area contributed by atoms with Crippen molar-refractivity contribution in [3.63, 3.8) is 0 Å². The van der Waals surface area contributed by atoms with E-state index in [1.807, 2.05) is 23.7 Å². The fourth-order valence-corrected chi connectivity index (χ4v) is 2.54. The van der Waals surface area contributed by atoms with Crippen molar-refractivity contribution < 1.29 is 5.21 Å². The van der Waals surface area contributed by atoms with E-state index in [2.05, 4.69) is 48.0 Å². The predicted octanol–water partition coefficient (Wildman–Crippen LogP) is 3.65. The first kappa shape index (κ1) is 13.8. The zero-order valence-electron chi connectivity index (χ0n) is 11.7. The van der Waals surface area contributed by atoms with Crippen molar-refractivity contribution in [1.82, 2.24) is 10.0 Å². The molecule has 1 aromatic heterocycles. The van der Waals surface area contributed by atoms with Crippen LogP contribution in [0.3, 0.4) is 0 Å². The molecule has 0 unspecified atom stereocenters. The molecule has 0 spiro atoms. The van der Waals surface area contributed by atoms with E-state index in [0.29, 0.717) is 4.99 Å². The number of nitrogens with zero attached hydrogens (tertiary/aromatic N) is 1. The first-order valence-electron chi connectivity index (χ1n) is 6.76. The molecule has 106 valence electrons. The molecular formula is C17H16N2OS.